The van der Waals surface area contributed by atoms with E-state index in [1.165, 1.54) is 7.11 Å². The first-order chi connectivity index (χ1) is 17.4. The topological polar surface area (TPSA) is 132 Å². The van der Waals surface area contributed by atoms with Gasteiger partial charge in [-0.15, -0.1) is 0 Å². The third kappa shape index (κ3) is 14.8. The van der Waals surface area contributed by atoms with Crippen LogP contribution < -0.4 is 16.0 Å². The van der Waals surface area contributed by atoms with Crippen LogP contribution in [0.3, 0.4) is 0 Å². The zero-order valence-electron chi connectivity index (χ0n) is 22.9. The number of ether oxygens (including phenoxy) is 3. The summed E-state index contributed by atoms with van der Waals surface area (Å²) in [5, 5.41) is 7.99. The summed E-state index contributed by atoms with van der Waals surface area (Å²) < 4.78 is 15.3. The van der Waals surface area contributed by atoms with E-state index in [9.17, 15) is 19.2 Å². The Labute approximate surface area is 220 Å². The van der Waals surface area contributed by atoms with Gasteiger partial charge in [0.15, 0.2) is 0 Å². The fourth-order valence-corrected chi connectivity index (χ4v) is 3.32. The van der Waals surface area contributed by atoms with Gasteiger partial charge in [-0.25, -0.2) is 14.4 Å². The van der Waals surface area contributed by atoms with Crippen LogP contribution in [0.15, 0.2) is 30.3 Å². The first kappa shape index (κ1) is 31.7. The Morgan fingerprint density at radius 1 is 0.865 bits per heavy atom. The summed E-state index contributed by atoms with van der Waals surface area (Å²) in [5.41, 5.74) is 0.242. The number of carbonyl (C=O) groups excluding carboxylic acids is 4. The number of hydrogen-bond acceptors (Lipinski definition) is 7. The SMILES string of the molecule is COC(=O)[C@@H](CCCCNC(=O)OC(C)(C)C)NC(=O)[C@@H](CCC(C)C)NC(=O)OCc1ccccc1. The van der Waals surface area contributed by atoms with Gasteiger partial charge in [0, 0.05) is 6.54 Å². The highest BCUT2D eigenvalue weighted by Crippen LogP contribution is 2.11. The van der Waals surface area contributed by atoms with Crippen LogP contribution in [0.5, 0.6) is 0 Å². The van der Waals surface area contributed by atoms with E-state index >= 15 is 0 Å². The van der Waals surface area contributed by atoms with Crippen molar-refractivity contribution in [3.8, 4) is 0 Å². The standard InChI is InChI=1S/C27H43N3O7/c1-19(2)15-16-21(30-26(34)36-18-20-12-8-7-9-13-20)23(31)29-22(24(32)35-6)14-10-11-17-28-25(33)37-27(3,4)5/h7-9,12-13,19,21-22H,10-11,14-18H2,1-6H3,(H,28,33)(H,29,31)(H,30,34)/t21-,22-/m1/s1. The Kier molecular flexibility index (Phi) is 14.1. The molecule has 10 nitrogen and oxygen atoms in total. The smallest absolute Gasteiger partial charge is 0.408 e. The molecule has 0 aliphatic carbocycles. The quantitative estimate of drug-likeness (QED) is 0.191. The van der Waals surface area contributed by atoms with Crippen molar-refractivity contribution in [2.45, 2.75) is 91.0 Å². The zero-order chi connectivity index (χ0) is 27.8. The highest BCUT2D eigenvalue weighted by atomic mass is 16.6. The summed E-state index contributed by atoms with van der Waals surface area (Å²) in [6, 6.07) is 7.46. The Morgan fingerprint density at radius 2 is 1.54 bits per heavy atom. The molecule has 0 aromatic heterocycles. The minimum absolute atomic E-state index is 0.0767. The molecule has 1 rings (SSSR count). The minimum Gasteiger partial charge on any atom is -0.467 e. The number of unbranched alkanes of at least 4 members (excludes halogenated alkanes) is 1. The lowest BCUT2D eigenvalue weighted by Crippen LogP contribution is -2.52. The lowest BCUT2D eigenvalue weighted by Gasteiger charge is -2.23. The average molecular weight is 522 g/mol. The largest absolute Gasteiger partial charge is 0.467 e. The summed E-state index contributed by atoms with van der Waals surface area (Å²) in [4.78, 5) is 49.5. The number of benzene rings is 1. The first-order valence-corrected chi connectivity index (χ1v) is 12.7. The Bertz CT molecular complexity index is 853. The van der Waals surface area contributed by atoms with Crippen LogP contribution in [0, 0.1) is 5.92 Å². The average Bonchev–Trinajstić information content (AvgIpc) is 2.83. The molecule has 0 fully saturated rings. The predicted molar refractivity (Wildman–Crippen MR) is 140 cm³/mol. The van der Waals surface area contributed by atoms with Crippen LogP contribution in [-0.2, 0) is 30.4 Å². The molecule has 0 aliphatic rings. The highest BCUT2D eigenvalue weighted by molar-refractivity contribution is 5.89. The van der Waals surface area contributed by atoms with Gasteiger partial charge >= 0.3 is 18.2 Å². The molecule has 0 heterocycles. The molecule has 1 aromatic carbocycles. The lowest BCUT2D eigenvalue weighted by molar-refractivity contribution is -0.145. The molecule has 37 heavy (non-hydrogen) atoms. The van der Waals surface area contributed by atoms with Gasteiger partial charge < -0.3 is 30.2 Å². The molecule has 2 atom stereocenters. The zero-order valence-corrected chi connectivity index (χ0v) is 22.9. The number of nitrogens with one attached hydrogen (secondary N) is 3. The van der Waals surface area contributed by atoms with Crippen LogP contribution in [0.4, 0.5) is 9.59 Å². The van der Waals surface area contributed by atoms with E-state index in [2.05, 4.69) is 16.0 Å². The molecule has 10 heteroatoms. The summed E-state index contributed by atoms with van der Waals surface area (Å²) in [7, 11) is 1.25. The van der Waals surface area contributed by atoms with Gasteiger partial charge in [0.2, 0.25) is 5.91 Å². The van der Waals surface area contributed by atoms with Crippen LogP contribution in [0.1, 0.15) is 72.3 Å². The number of alkyl carbamates (subject to hydrolysis) is 2. The number of esters is 1. The molecule has 0 radical (unpaired) electrons. The second kappa shape index (κ2) is 16.4. The molecule has 0 saturated carbocycles. The normalized spacial score (nSPS) is 12.7. The number of rotatable bonds is 14. The third-order valence-electron chi connectivity index (χ3n) is 5.24. The van der Waals surface area contributed by atoms with E-state index in [-0.39, 0.29) is 6.61 Å². The maximum absolute atomic E-state index is 13.0. The molecule has 208 valence electrons. The molecular weight excluding hydrogens is 478 g/mol. The van der Waals surface area contributed by atoms with Gasteiger partial charge in [-0.2, -0.15) is 0 Å². The van der Waals surface area contributed by atoms with E-state index < -0.39 is 41.7 Å². The summed E-state index contributed by atoms with van der Waals surface area (Å²) in [6.45, 7) is 9.82. The summed E-state index contributed by atoms with van der Waals surface area (Å²) in [5.74, 6) is -0.756. The number of carbonyl (C=O) groups is 4. The van der Waals surface area contributed by atoms with Crippen LogP contribution in [-0.4, -0.2) is 55.4 Å². The summed E-state index contributed by atoms with van der Waals surface area (Å²) >= 11 is 0. The van der Waals surface area contributed by atoms with E-state index in [1.54, 1.807) is 20.8 Å². The maximum Gasteiger partial charge on any atom is 0.408 e. The minimum atomic E-state index is -0.886. The third-order valence-corrected chi connectivity index (χ3v) is 5.24. The highest BCUT2D eigenvalue weighted by Gasteiger charge is 2.27. The van der Waals surface area contributed by atoms with Crippen molar-refractivity contribution in [2.75, 3.05) is 13.7 Å². The van der Waals surface area contributed by atoms with Crippen LogP contribution >= 0.6 is 0 Å². The lowest BCUT2D eigenvalue weighted by atomic mass is 10.0. The van der Waals surface area contributed by atoms with Gasteiger partial charge in [0.05, 0.1) is 7.11 Å². The van der Waals surface area contributed by atoms with E-state index in [0.717, 1.165) is 5.56 Å². The van der Waals surface area contributed by atoms with Crippen molar-refractivity contribution in [1.29, 1.82) is 0 Å². The number of hydrogen-bond donors (Lipinski definition) is 3. The van der Waals surface area contributed by atoms with Gasteiger partial charge in [-0.05, 0) is 64.4 Å². The van der Waals surface area contributed by atoms with Gasteiger partial charge in [0.1, 0.15) is 24.3 Å². The predicted octanol–water partition coefficient (Wildman–Crippen LogP) is 4.07. The van der Waals surface area contributed by atoms with Gasteiger partial charge in [-0.3, -0.25) is 4.79 Å². The fourth-order valence-electron chi connectivity index (χ4n) is 3.32. The van der Waals surface area contributed by atoms with E-state index in [0.29, 0.717) is 44.6 Å². The van der Waals surface area contributed by atoms with Crippen LogP contribution in [0.2, 0.25) is 0 Å². The second-order valence-electron chi connectivity index (χ2n) is 10.2. The molecule has 1 aromatic rings. The van der Waals surface area contributed by atoms with Crippen molar-refractivity contribution < 1.29 is 33.4 Å². The molecule has 3 N–H and O–H groups in total. The van der Waals surface area contributed by atoms with E-state index in [1.807, 2.05) is 44.2 Å². The molecule has 0 saturated heterocycles. The number of methoxy groups -OCH3 is 1. The first-order valence-electron chi connectivity index (χ1n) is 12.7. The van der Waals surface area contributed by atoms with Crippen molar-refractivity contribution in [3.63, 3.8) is 0 Å². The summed E-state index contributed by atoms with van der Waals surface area (Å²) in [6.07, 6.45) is 1.28. The van der Waals surface area contributed by atoms with Crippen molar-refractivity contribution in [3.05, 3.63) is 35.9 Å². The molecule has 0 unspecified atom stereocenters. The Hall–Kier alpha value is -3.30. The monoisotopic (exact) mass is 521 g/mol. The van der Waals surface area contributed by atoms with Crippen molar-refractivity contribution in [2.24, 2.45) is 5.92 Å². The van der Waals surface area contributed by atoms with Gasteiger partial charge in [-0.1, -0.05) is 44.2 Å². The molecular formula is C27H43N3O7. The van der Waals surface area contributed by atoms with Gasteiger partial charge in [0.25, 0.3) is 0 Å². The van der Waals surface area contributed by atoms with Crippen LogP contribution in [0.25, 0.3) is 0 Å². The van der Waals surface area contributed by atoms with E-state index in [4.69, 9.17) is 14.2 Å². The Balaban J connectivity index is 2.64. The molecule has 3 amide bonds. The molecule has 0 bridgehead atoms. The maximum atomic E-state index is 13.0. The Morgan fingerprint density at radius 3 is 2.14 bits per heavy atom. The second-order valence-corrected chi connectivity index (χ2v) is 10.2. The fraction of sp³-hybridized carbons (Fsp3) is 0.630. The molecule has 0 aliphatic heterocycles. The van der Waals surface area contributed by atoms with Crippen molar-refractivity contribution in [1.82, 2.24) is 16.0 Å². The number of amides is 3. The molecule has 0 spiro atoms. The van der Waals surface area contributed by atoms with Crippen molar-refractivity contribution >= 4 is 24.1 Å².